The van der Waals surface area contributed by atoms with Crippen LogP contribution >= 0.6 is 11.6 Å². The second kappa shape index (κ2) is 6.31. The van der Waals surface area contributed by atoms with Crippen LogP contribution in [0, 0.1) is 5.92 Å². The molecular weight excluding hydrogens is 419 g/mol. The van der Waals surface area contributed by atoms with Crippen LogP contribution in [0.4, 0.5) is 13.2 Å². The Morgan fingerprint density at radius 1 is 1.23 bits per heavy atom. The minimum Gasteiger partial charge on any atom is -0.316 e. The normalized spacial score (nSPS) is 19.3. The van der Waals surface area contributed by atoms with E-state index < -0.39 is 22.4 Å². The first-order valence-corrected chi connectivity index (χ1v) is 10.1. The number of halogens is 4. The second-order valence-corrected chi connectivity index (χ2v) is 8.60. The number of nitrogens with zero attached hydrogens (tertiary/aromatic N) is 4. The number of aryl methyl sites for hydroxylation is 1. The first-order valence-electron chi connectivity index (χ1n) is 9.72. The predicted molar refractivity (Wildman–Crippen MR) is 105 cm³/mol. The van der Waals surface area contributed by atoms with E-state index in [1.807, 2.05) is 6.07 Å². The van der Waals surface area contributed by atoms with Crippen molar-refractivity contribution in [1.29, 1.82) is 0 Å². The molecule has 3 heterocycles. The van der Waals surface area contributed by atoms with E-state index >= 15 is 0 Å². The number of hydrogen-bond acceptors (Lipinski definition) is 4. The number of fused-ring (bicyclic) bond motifs is 1. The number of nitrogens with two attached hydrogens (primary N) is 1. The number of aromatic nitrogens is 4. The van der Waals surface area contributed by atoms with Crippen LogP contribution in [0.3, 0.4) is 0 Å². The molecule has 2 N–H and O–H groups in total. The summed E-state index contributed by atoms with van der Waals surface area (Å²) < 4.78 is 42.6. The Bertz CT molecular complexity index is 1230. The summed E-state index contributed by atoms with van der Waals surface area (Å²) in [6.07, 6.45) is 1.77. The molecule has 1 atom stereocenters. The Morgan fingerprint density at radius 2 is 1.93 bits per heavy atom. The van der Waals surface area contributed by atoms with Crippen LogP contribution in [-0.2, 0) is 18.8 Å². The Kier molecular flexibility index (Phi) is 4.11. The molecule has 0 aromatic carbocycles. The second-order valence-electron chi connectivity index (χ2n) is 8.19. The van der Waals surface area contributed by atoms with Gasteiger partial charge in [0, 0.05) is 30.9 Å². The molecule has 2 aliphatic carbocycles. The zero-order valence-electron chi connectivity index (χ0n) is 16.1. The number of hydrogen-bond donors (Lipinski definition) is 1. The lowest BCUT2D eigenvalue weighted by atomic mass is 9.82. The van der Waals surface area contributed by atoms with E-state index in [0.29, 0.717) is 22.2 Å². The molecular formula is C20H19ClF3N5O. The molecule has 30 heavy (non-hydrogen) atoms. The fourth-order valence-electron chi connectivity index (χ4n) is 4.31. The van der Waals surface area contributed by atoms with E-state index in [1.54, 1.807) is 22.5 Å². The van der Waals surface area contributed by atoms with Gasteiger partial charge in [0.05, 0.1) is 16.3 Å². The maximum Gasteiger partial charge on any atom is 0.434 e. The minimum atomic E-state index is -4.65. The average molecular weight is 438 g/mol. The smallest absolute Gasteiger partial charge is 0.316 e. The molecule has 2 aliphatic rings. The third-order valence-corrected chi connectivity index (χ3v) is 6.35. The number of pyridine rings is 2. The summed E-state index contributed by atoms with van der Waals surface area (Å²) in [6.45, 7) is 0. The van der Waals surface area contributed by atoms with Gasteiger partial charge in [-0.3, -0.25) is 9.48 Å². The van der Waals surface area contributed by atoms with Crippen LogP contribution in [0.5, 0.6) is 0 Å². The van der Waals surface area contributed by atoms with Crippen molar-refractivity contribution in [3.05, 3.63) is 56.9 Å². The molecule has 6 nitrogen and oxygen atoms in total. The molecule has 10 heteroatoms. The molecule has 0 aliphatic heterocycles. The minimum absolute atomic E-state index is 0.0171. The van der Waals surface area contributed by atoms with E-state index in [4.69, 9.17) is 17.3 Å². The van der Waals surface area contributed by atoms with Crippen LogP contribution in [0.15, 0.2) is 29.3 Å². The van der Waals surface area contributed by atoms with Crippen LogP contribution in [0.25, 0.3) is 10.9 Å². The Labute approximate surface area is 174 Å². The van der Waals surface area contributed by atoms with Crippen molar-refractivity contribution >= 4 is 22.5 Å². The first-order chi connectivity index (χ1) is 14.1. The van der Waals surface area contributed by atoms with Gasteiger partial charge >= 0.3 is 6.18 Å². The van der Waals surface area contributed by atoms with Gasteiger partial charge in [0.2, 0.25) is 0 Å². The standard InChI is InChI=1S/C20H19ClF3N5O/c1-28-17(13-6-7-29(12-4-5-12)18(30)15(13)27-28)19(25,10-2-3-10)11-8-14(21)16(26-9-11)20(22,23)24/h6-10,12H,2-5,25H2,1H3/t19-/m0/s1. The lowest BCUT2D eigenvalue weighted by Crippen LogP contribution is -2.42. The third-order valence-electron chi connectivity index (χ3n) is 6.06. The van der Waals surface area contributed by atoms with Crippen LogP contribution in [0.2, 0.25) is 5.02 Å². The summed E-state index contributed by atoms with van der Waals surface area (Å²) in [5, 5.41) is 4.53. The van der Waals surface area contributed by atoms with Crippen molar-refractivity contribution in [3.63, 3.8) is 0 Å². The lowest BCUT2D eigenvalue weighted by Gasteiger charge is -2.31. The lowest BCUT2D eigenvalue weighted by molar-refractivity contribution is -0.141. The number of alkyl halides is 3. The molecule has 5 rings (SSSR count). The fraction of sp³-hybridized carbons (Fsp3) is 0.450. The highest BCUT2D eigenvalue weighted by atomic mass is 35.5. The van der Waals surface area contributed by atoms with Crippen LogP contribution in [-0.4, -0.2) is 19.3 Å². The van der Waals surface area contributed by atoms with E-state index in [0.717, 1.165) is 31.9 Å². The van der Waals surface area contributed by atoms with Crippen molar-refractivity contribution in [2.24, 2.45) is 18.7 Å². The maximum atomic E-state index is 13.1. The molecule has 0 radical (unpaired) electrons. The van der Waals surface area contributed by atoms with Crippen molar-refractivity contribution < 1.29 is 13.2 Å². The highest BCUT2D eigenvalue weighted by Gasteiger charge is 2.49. The average Bonchev–Trinajstić information content (AvgIpc) is 3.57. The molecule has 158 valence electrons. The Balaban J connectivity index is 1.71. The summed E-state index contributed by atoms with van der Waals surface area (Å²) >= 11 is 5.94. The molecule has 0 amide bonds. The maximum absolute atomic E-state index is 13.1. The topological polar surface area (TPSA) is 78.7 Å². The van der Waals surface area contributed by atoms with E-state index in [1.165, 1.54) is 6.07 Å². The van der Waals surface area contributed by atoms with Gasteiger partial charge < -0.3 is 10.3 Å². The summed E-state index contributed by atoms with van der Waals surface area (Å²) in [7, 11) is 1.69. The number of rotatable bonds is 4. The molecule has 3 aromatic rings. The fourth-order valence-corrected chi connectivity index (χ4v) is 4.58. The van der Waals surface area contributed by atoms with Gasteiger partial charge in [-0.1, -0.05) is 11.6 Å². The molecule has 2 saturated carbocycles. The van der Waals surface area contributed by atoms with E-state index in [9.17, 15) is 18.0 Å². The van der Waals surface area contributed by atoms with Gasteiger partial charge in [-0.05, 0) is 49.3 Å². The van der Waals surface area contributed by atoms with E-state index in [-0.39, 0.29) is 17.5 Å². The molecule has 0 spiro atoms. The molecule has 0 bridgehead atoms. The van der Waals surface area contributed by atoms with Gasteiger partial charge in [-0.2, -0.15) is 18.3 Å². The molecule has 0 saturated heterocycles. The highest BCUT2D eigenvalue weighted by molar-refractivity contribution is 6.31. The van der Waals surface area contributed by atoms with Crippen molar-refractivity contribution in [2.75, 3.05) is 0 Å². The van der Waals surface area contributed by atoms with Gasteiger partial charge in [0.1, 0.15) is 0 Å². The molecule has 0 unspecified atom stereocenters. The molecule has 3 aromatic heterocycles. The predicted octanol–water partition coefficient (Wildman–Crippen LogP) is 3.75. The third kappa shape index (κ3) is 2.86. The van der Waals surface area contributed by atoms with Gasteiger partial charge in [-0.25, -0.2) is 4.98 Å². The SMILES string of the molecule is Cn1nc2c(=O)n(C3CC3)ccc2c1[C@@](N)(c1cnc(C(F)(F)F)c(Cl)c1)C1CC1. The van der Waals surface area contributed by atoms with Gasteiger partial charge in [0.25, 0.3) is 5.56 Å². The highest BCUT2D eigenvalue weighted by Crippen LogP contribution is 2.50. The zero-order chi connectivity index (χ0) is 21.4. The summed E-state index contributed by atoms with van der Waals surface area (Å²) in [5.41, 5.74) is 5.67. The Morgan fingerprint density at radius 3 is 2.50 bits per heavy atom. The van der Waals surface area contributed by atoms with Crippen molar-refractivity contribution in [2.45, 2.75) is 43.4 Å². The first kappa shape index (κ1) is 19.6. The summed E-state index contributed by atoms with van der Waals surface area (Å²) in [5.74, 6) is -0.0171. The Hall–Kier alpha value is -2.39. The zero-order valence-corrected chi connectivity index (χ0v) is 16.8. The monoisotopic (exact) mass is 437 g/mol. The summed E-state index contributed by atoms with van der Waals surface area (Å²) in [6, 6.07) is 3.26. The van der Waals surface area contributed by atoms with Crippen molar-refractivity contribution in [1.82, 2.24) is 19.3 Å². The van der Waals surface area contributed by atoms with Crippen LogP contribution < -0.4 is 11.3 Å². The van der Waals surface area contributed by atoms with Gasteiger partial charge in [-0.15, -0.1) is 0 Å². The van der Waals surface area contributed by atoms with E-state index in [2.05, 4.69) is 10.1 Å². The molecule has 2 fully saturated rings. The van der Waals surface area contributed by atoms with Crippen LogP contribution in [0.1, 0.15) is 48.7 Å². The largest absolute Gasteiger partial charge is 0.434 e. The van der Waals surface area contributed by atoms with Crippen molar-refractivity contribution in [3.8, 4) is 0 Å². The quantitative estimate of drug-likeness (QED) is 0.674. The van der Waals surface area contributed by atoms with Gasteiger partial charge in [0.15, 0.2) is 11.2 Å². The summed E-state index contributed by atoms with van der Waals surface area (Å²) in [4.78, 5) is 16.5.